The maximum absolute atomic E-state index is 5.35. The molecule has 0 aliphatic heterocycles. The highest BCUT2D eigenvalue weighted by atomic mass is 32.1. The summed E-state index contributed by atoms with van der Waals surface area (Å²) in [6, 6.07) is 14.3. The van der Waals surface area contributed by atoms with E-state index in [1.807, 2.05) is 18.2 Å². The first-order valence-corrected chi connectivity index (χ1v) is 7.84. The van der Waals surface area contributed by atoms with Gasteiger partial charge in [-0.15, -0.1) is 11.3 Å². The Labute approximate surface area is 134 Å². The number of benzene rings is 2. The molecule has 0 fully saturated rings. The summed E-state index contributed by atoms with van der Waals surface area (Å²) in [6.07, 6.45) is 0. The molecule has 1 aromatic heterocycles. The third kappa shape index (κ3) is 2.83. The van der Waals surface area contributed by atoms with Gasteiger partial charge in [0.2, 0.25) is 0 Å². The topological polar surface area (TPSA) is 31.4 Å². The molecule has 0 N–H and O–H groups in total. The van der Waals surface area contributed by atoms with E-state index in [-0.39, 0.29) is 0 Å². The number of thiazole rings is 1. The summed E-state index contributed by atoms with van der Waals surface area (Å²) in [7, 11) is 3.27. The van der Waals surface area contributed by atoms with Gasteiger partial charge in [0.25, 0.3) is 0 Å². The number of aromatic nitrogens is 1. The number of nitrogens with zero attached hydrogens (tertiary/aromatic N) is 1. The first kappa shape index (κ1) is 14.6. The Morgan fingerprint density at radius 1 is 0.864 bits per heavy atom. The van der Waals surface area contributed by atoms with Crippen molar-refractivity contribution >= 4 is 11.3 Å². The Bertz CT molecular complexity index is 778. The lowest BCUT2D eigenvalue weighted by atomic mass is 10.1. The molecule has 0 spiro atoms. The van der Waals surface area contributed by atoms with Crippen LogP contribution in [0.4, 0.5) is 0 Å². The summed E-state index contributed by atoms with van der Waals surface area (Å²) in [6.45, 7) is 2.08. The molecule has 0 atom stereocenters. The Balaban J connectivity index is 1.95. The summed E-state index contributed by atoms with van der Waals surface area (Å²) < 4.78 is 10.6. The van der Waals surface area contributed by atoms with Crippen LogP contribution in [0, 0.1) is 6.92 Å². The van der Waals surface area contributed by atoms with Gasteiger partial charge in [0.05, 0.1) is 19.9 Å². The molecule has 4 heteroatoms. The van der Waals surface area contributed by atoms with E-state index in [2.05, 4.69) is 36.6 Å². The number of rotatable bonds is 4. The van der Waals surface area contributed by atoms with Gasteiger partial charge in [0.15, 0.2) is 11.5 Å². The number of hydrogen-bond donors (Lipinski definition) is 0. The van der Waals surface area contributed by atoms with Gasteiger partial charge in [-0.3, -0.25) is 0 Å². The van der Waals surface area contributed by atoms with Crippen molar-refractivity contribution in [2.45, 2.75) is 6.92 Å². The first-order chi connectivity index (χ1) is 10.7. The second-order valence-corrected chi connectivity index (χ2v) is 5.83. The molecule has 0 unspecified atom stereocenters. The Morgan fingerprint density at radius 3 is 2.23 bits per heavy atom. The van der Waals surface area contributed by atoms with Crippen LogP contribution in [0.5, 0.6) is 11.5 Å². The molecule has 0 aliphatic rings. The molecule has 0 amide bonds. The molecule has 112 valence electrons. The van der Waals surface area contributed by atoms with Crippen LogP contribution in [0.25, 0.3) is 21.8 Å². The molecule has 22 heavy (non-hydrogen) atoms. The van der Waals surface area contributed by atoms with Crippen LogP contribution in [0.15, 0.2) is 47.8 Å². The smallest absolute Gasteiger partial charge is 0.161 e. The van der Waals surface area contributed by atoms with E-state index >= 15 is 0 Å². The Morgan fingerprint density at radius 2 is 1.55 bits per heavy atom. The molecular formula is C18H17NO2S. The van der Waals surface area contributed by atoms with E-state index in [4.69, 9.17) is 14.5 Å². The highest BCUT2D eigenvalue weighted by Gasteiger charge is 2.10. The zero-order valence-electron chi connectivity index (χ0n) is 12.8. The molecule has 0 aliphatic carbocycles. The Hall–Kier alpha value is -2.33. The molecule has 3 aromatic rings. The summed E-state index contributed by atoms with van der Waals surface area (Å²) in [5.74, 6) is 1.44. The van der Waals surface area contributed by atoms with Gasteiger partial charge in [0, 0.05) is 16.5 Å². The van der Waals surface area contributed by atoms with Crippen LogP contribution in [0.1, 0.15) is 5.56 Å². The van der Waals surface area contributed by atoms with Gasteiger partial charge in [0.1, 0.15) is 5.01 Å². The largest absolute Gasteiger partial charge is 0.493 e. The fourth-order valence-corrected chi connectivity index (χ4v) is 3.07. The van der Waals surface area contributed by atoms with Gasteiger partial charge in [-0.2, -0.15) is 0 Å². The van der Waals surface area contributed by atoms with Gasteiger partial charge >= 0.3 is 0 Å². The first-order valence-electron chi connectivity index (χ1n) is 6.96. The highest BCUT2D eigenvalue weighted by molar-refractivity contribution is 7.13. The summed E-state index contributed by atoms with van der Waals surface area (Å²) in [4.78, 5) is 4.73. The van der Waals surface area contributed by atoms with Crippen molar-refractivity contribution in [3.05, 3.63) is 53.4 Å². The zero-order valence-corrected chi connectivity index (χ0v) is 13.6. The van der Waals surface area contributed by atoms with Crippen molar-refractivity contribution in [2.75, 3.05) is 14.2 Å². The van der Waals surface area contributed by atoms with Crippen molar-refractivity contribution in [3.63, 3.8) is 0 Å². The fraction of sp³-hybridized carbons (Fsp3) is 0.167. The van der Waals surface area contributed by atoms with Crippen molar-refractivity contribution < 1.29 is 9.47 Å². The number of hydrogen-bond acceptors (Lipinski definition) is 4. The normalized spacial score (nSPS) is 10.5. The van der Waals surface area contributed by atoms with Gasteiger partial charge < -0.3 is 9.47 Å². The van der Waals surface area contributed by atoms with E-state index in [0.29, 0.717) is 5.75 Å². The molecule has 1 heterocycles. The van der Waals surface area contributed by atoms with Crippen LogP contribution in [0.2, 0.25) is 0 Å². The summed E-state index contributed by atoms with van der Waals surface area (Å²) in [5, 5.41) is 3.08. The SMILES string of the molecule is COc1ccc(-c2csc(-c3ccc(C)cc3)n2)cc1OC. The molecule has 3 rings (SSSR count). The maximum Gasteiger partial charge on any atom is 0.161 e. The predicted molar refractivity (Wildman–Crippen MR) is 90.8 cm³/mol. The quantitative estimate of drug-likeness (QED) is 0.693. The molecule has 3 nitrogen and oxygen atoms in total. The average Bonchev–Trinajstić information content (AvgIpc) is 3.05. The lowest BCUT2D eigenvalue weighted by Crippen LogP contribution is -1.90. The zero-order chi connectivity index (χ0) is 15.5. The van der Waals surface area contributed by atoms with Crippen LogP contribution in [-0.2, 0) is 0 Å². The van der Waals surface area contributed by atoms with E-state index in [1.165, 1.54) is 5.56 Å². The van der Waals surface area contributed by atoms with Gasteiger partial charge in [-0.1, -0.05) is 29.8 Å². The van der Waals surface area contributed by atoms with E-state index in [0.717, 1.165) is 27.6 Å². The minimum absolute atomic E-state index is 0.713. The van der Waals surface area contributed by atoms with Crippen molar-refractivity contribution in [3.8, 4) is 33.3 Å². The van der Waals surface area contributed by atoms with Crippen LogP contribution in [-0.4, -0.2) is 19.2 Å². The van der Waals surface area contributed by atoms with Crippen LogP contribution >= 0.6 is 11.3 Å². The van der Waals surface area contributed by atoms with Gasteiger partial charge in [-0.25, -0.2) is 4.98 Å². The minimum Gasteiger partial charge on any atom is -0.493 e. The van der Waals surface area contributed by atoms with Crippen molar-refractivity contribution in [1.29, 1.82) is 0 Å². The van der Waals surface area contributed by atoms with Gasteiger partial charge in [-0.05, 0) is 25.1 Å². The third-order valence-electron chi connectivity index (χ3n) is 3.48. The highest BCUT2D eigenvalue weighted by Crippen LogP contribution is 2.34. The number of ether oxygens (including phenoxy) is 2. The van der Waals surface area contributed by atoms with E-state index < -0.39 is 0 Å². The van der Waals surface area contributed by atoms with Crippen LogP contribution < -0.4 is 9.47 Å². The second kappa shape index (κ2) is 6.20. The molecular weight excluding hydrogens is 294 g/mol. The monoisotopic (exact) mass is 311 g/mol. The number of aryl methyl sites for hydroxylation is 1. The molecule has 2 aromatic carbocycles. The summed E-state index contributed by atoms with van der Waals surface area (Å²) >= 11 is 1.64. The predicted octanol–water partition coefficient (Wildman–Crippen LogP) is 4.80. The van der Waals surface area contributed by atoms with Crippen molar-refractivity contribution in [1.82, 2.24) is 4.98 Å². The molecule has 0 saturated heterocycles. The minimum atomic E-state index is 0.713. The van der Waals surface area contributed by atoms with Crippen molar-refractivity contribution in [2.24, 2.45) is 0 Å². The van der Waals surface area contributed by atoms with E-state index in [9.17, 15) is 0 Å². The molecule has 0 saturated carbocycles. The maximum atomic E-state index is 5.35. The summed E-state index contributed by atoms with van der Waals surface area (Å²) in [5.41, 5.74) is 4.36. The fourth-order valence-electron chi connectivity index (χ4n) is 2.23. The lowest BCUT2D eigenvalue weighted by Gasteiger charge is -2.08. The number of methoxy groups -OCH3 is 2. The lowest BCUT2D eigenvalue weighted by molar-refractivity contribution is 0.355. The standard InChI is InChI=1S/C18H17NO2S/c1-12-4-6-13(7-5-12)18-19-15(11-22-18)14-8-9-16(20-2)17(10-14)21-3/h4-11H,1-3H3. The van der Waals surface area contributed by atoms with E-state index in [1.54, 1.807) is 25.6 Å². The third-order valence-corrected chi connectivity index (χ3v) is 4.37. The Kier molecular flexibility index (Phi) is 4.11. The average molecular weight is 311 g/mol. The second-order valence-electron chi connectivity index (χ2n) is 4.97. The van der Waals surface area contributed by atoms with Crippen LogP contribution in [0.3, 0.4) is 0 Å². The molecule has 0 radical (unpaired) electrons. The molecule has 0 bridgehead atoms.